The van der Waals surface area contributed by atoms with Gasteiger partial charge in [0.2, 0.25) is 0 Å². The van der Waals surface area contributed by atoms with Crippen LogP contribution in [-0.2, 0) is 9.53 Å². The van der Waals surface area contributed by atoms with Gasteiger partial charge in [-0.1, -0.05) is 30.3 Å². The highest BCUT2D eigenvalue weighted by Crippen LogP contribution is 2.19. The van der Waals surface area contributed by atoms with Crippen molar-refractivity contribution in [3.05, 3.63) is 90.8 Å². The lowest BCUT2D eigenvalue weighted by Gasteiger charge is -2.14. The third-order valence-corrected chi connectivity index (χ3v) is 4.54. The van der Waals surface area contributed by atoms with E-state index in [0.717, 1.165) is 16.5 Å². The number of benzene rings is 3. The van der Waals surface area contributed by atoms with Gasteiger partial charge in [-0.25, -0.2) is 9.48 Å². The molecule has 144 valence electrons. The number of anilines is 1. The zero-order chi connectivity index (χ0) is 20.2. The molecule has 4 aromatic rings. The third kappa shape index (κ3) is 4.16. The van der Waals surface area contributed by atoms with Gasteiger partial charge >= 0.3 is 5.97 Å². The van der Waals surface area contributed by atoms with Gasteiger partial charge < -0.3 is 10.1 Å². The molecule has 1 amide bonds. The number of rotatable bonds is 5. The summed E-state index contributed by atoms with van der Waals surface area (Å²) >= 11 is 0. The van der Waals surface area contributed by atoms with Gasteiger partial charge in [0.05, 0.1) is 11.3 Å². The Morgan fingerprint density at radius 1 is 0.966 bits per heavy atom. The summed E-state index contributed by atoms with van der Waals surface area (Å²) in [7, 11) is 0. The molecule has 0 aliphatic heterocycles. The predicted molar refractivity (Wildman–Crippen MR) is 111 cm³/mol. The van der Waals surface area contributed by atoms with E-state index >= 15 is 0 Å². The number of carbonyl (C=O) groups is 2. The Kier molecular flexibility index (Phi) is 5.07. The summed E-state index contributed by atoms with van der Waals surface area (Å²) in [6, 6.07) is 22.2. The van der Waals surface area contributed by atoms with Crippen LogP contribution >= 0.6 is 0 Å². The van der Waals surface area contributed by atoms with Crippen molar-refractivity contribution < 1.29 is 14.3 Å². The maximum atomic E-state index is 12.4. The molecule has 0 bridgehead atoms. The second-order valence-electron chi connectivity index (χ2n) is 6.60. The molecule has 0 spiro atoms. The van der Waals surface area contributed by atoms with Crippen LogP contribution in [0.15, 0.2) is 85.2 Å². The van der Waals surface area contributed by atoms with Crippen LogP contribution in [0.3, 0.4) is 0 Å². The highest BCUT2D eigenvalue weighted by molar-refractivity contribution is 5.99. The number of amides is 1. The average Bonchev–Trinajstić information content (AvgIpc) is 3.28. The first kappa shape index (κ1) is 18.4. The Balaban J connectivity index is 1.39. The van der Waals surface area contributed by atoms with Crippen LogP contribution < -0.4 is 5.32 Å². The fourth-order valence-corrected chi connectivity index (χ4v) is 2.96. The van der Waals surface area contributed by atoms with Crippen LogP contribution in [0, 0.1) is 0 Å². The van der Waals surface area contributed by atoms with Crippen LogP contribution in [0.4, 0.5) is 5.69 Å². The monoisotopic (exact) mass is 385 g/mol. The molecule has 0 fully saturated rings. The zero-order valence-corrected chi connectivity index (χ0v) is 15.8. The van der Waals surface area contributed by atoms with Crippen molar-refractivity contribution in [1.29, 1.82) is 0 Å². The molecule has 4 rings (SSSR count). The molecule has 0 aliphatic rings. The van der Waals surface area contributed by atoms with E-state index in [-0.39, 0.29) is 5.91 Å². The van der Waals surface area contributed by atoms with Gasteiger partial charge in [0.1, 0.15) is 0 Å². The van der Waals surface area contributed by atoms with Gasteiger partial charge in [0.25, 0.3) is 5.91 Å². The first-order chi connectivity index (χ1) is 14.1. The SMILES string of the molecule is CC(OC(=O)c1ccc(-n2cccn2)cc1)C(=O)Nc1ccc2ccccc2c1. The number of ether oxygens (including phenoxy) is 1. The summed E-state index contributed by atoms with van der Waals surface area (Å²) in [5, 5.41) is 9.04. The first-order valence-corrected chi connectivity index (χ1v) is 9.21. The molecule has 0 aliphatic carbocycles. The second kappa shape index (κ2) is 7.98. The standard InChI is InChI=1S/C23H19N3O3/c1-16(22(27)25-20-10-7-17-5-2-3-6-19(17)15-20)29-23(28)18-8-11-21(12-9-18)26-14-4-13-24-26/h2-16H,1H3,(H,25,27). The molecule has 0 saturated heterocycles. The number of hydrogen-bond acceptors (Lipinski definition) is 4. The smallest absolute Gasteiger partial charge is 0.338 e. The molecule has 1 atom stereocenters. The highest BCUT2D eigenvalue weighted by Gasteiger charge is 2.19. The van der Waals surface area contributed by atoms with E-state index in [1.165, 1.54) is 0 Å². The van der Waals surface area contributed by atoms with Crippen LogP contribution in [0.2, 0.25) is 0 Å². The van der Waals surface area contributed by atoms with Crippen LogP contribution in [0.1, 0.15) is 17.3 Å². The molecule has 6 heteroatoms. The van der Waals surface area contributed by atoms with E-state index in [0.29, 0.717) is 11.3 Å². The largest absolute Gasteiger partial charge is 0.449 e. The Bertz CT molecular complexity index is 1150. The van der Waals surface area contributed by atoms with Gasteiger partial charge in [0, 0.05) is 18.1 Å². The fourth-order valence-electron chi connectivity index (χ4n) is 2.96. The summed E-state index contributed by atoms with van der Waals surface area (Å²) in [6.45, 7) is 1.55. The molecule has 1 unspecified atom stereocenters. The quantitative estimate of drug-likeness (QED) is 0.522. The van der Waals surface area contributed by atoms with E-state index < -0.39 is 12.1 Å². The Labute approximate surface area is 167 Å². The van der Waals surface area contributed by atoms with E-state index in [1.54, 1.807) is 42.1 Å². The average molecular weight is 385 g/mol. The van der Waals surface area contributed by atoms with Crippen molar-refractivity contribution in [3.8, 4) is 5.69 Å². The topological polar surface area (TPSA) is 73.2 Å². The minimum Gasteiger partial charge on any atom is -0.449 e. The van der Waals surface area contributed by atoms with Gasteiger partial charge in [-0.05, 0) is 60.2 Å². The maximum absolute atomic E-state index is 12.4. The molecule has 1 aromatic heterocycles. The molecular formula is C23H19N3O3. The molecule has 29 heavy (non-hydrogen) atoms. The number of fused-ring (bicyclic) bond motifs is 1. The molecule has 6 nitrogen and oxygen atoms in total. The summed E-state index contributed by atoms with van der Waals surface area (Å²) in [5.74, 6) is -0.944. The lowest BCUT2D eigenvalue weighted by Crippen LogP contribution is -2.30. The first-order valence-electron chi connectivity index (χ1n) is 9.21. The van der Waals surface area contributed by atoms with Gasteiger partial charge in [-0.2, -0.15) is 5.10 Å². The number of esters is 1. The van der Waals surface area contributed by atoms with Crippen LogP contribution in [0.5, 0.6) is 0 Å². The Morgan fingerprint density at radius 3 is 2.45 bits per heavy atom. The second-order valence-corrected chi connectivity index (χ2v) is 6.60. The van der Waals surface area contributed by atoms with E-state index in [1.807, 2.05) is 54.7 Å². The Hall–Kier alpha value is -3.93. The Morgan fingerprint density at radius 2 is 1.72 bits per heavy atom. The summed E-state index contributed by atoms with van der Waals surface area (Å²) < 4.78 is 7.00. The minimum absolute atomic E-state index is 0.367. The number of nitrogens with zero attached hydrogens (tertiary/aromatic N) is 2. The maximum Gasteiger partial charge on any atom is 0.338 e. The molecule has 3 aromatic carbocycles. The van der Waals surface area contributed by atoms with Gasteiger partial charge in [-0.15, -0.1) is 0 Å². The van der Waals surface area contributed by atoms with Gasteiger partial charge in [0.15, 0.2) is 6.10 Å². The molecule has 1 heterocycles. The number of carbonyl (C=O) groups excluding carboxylic acids is 2. The zero-order valence-electron chi connectivity index (χ0n) is 15.8. The van der Waals surface area contributed by atoms with Crippen molar-refractivity contribution in [2.45, 2.75) is 13.0 Å². The molecule has 1 N–H and O–H groups in total. The summed E-state index contributed by atoms with van der Waals surface area (Å²) in [6.07, 6.45) is 2.56. The summed E-state index contributed by atoms with van der Waals surface area (Å²) in [4.78, 5) is 24.8. The lowest BCUT2D eigenvalue weighted by molar-refractivity contribution is -0.123. The fraction of sp³-hybridized carbons (Fsp3) is 0.0870. The minimum atomic E-state index is -0.931. The summed E-state index contributed by atoms with van der Waals surface area (Å²) in [5.41, 5.74) is 1.85. The number of nitrogens with one attached hydrogen (secondary N) is 1. The molecule has 0 saturated carbocycles. The predicted octanol–water partition coefficient (Wildman–Crippen LogP) is 4.21. The van der Waals surface area contributed by atoms with Crippen LogP contribution in [-0.4, -0.2) is 27.8 Å². The third-order valence-electron chi connectivity index (χ3n) is 4.54. The molecule has 0 radical (unpaired) electrons. The normalized spacial score (nSPS) is 11.8. The van der Waals surface area contributed by atoms with Crippen molar-refractivity contribution in [3.63, 3.8) is 0 Å². The lowest BCUT2D eigenvalue weighted by atomic mass is 10.1. The van der Waals surface area contributed by atoms with E-state index in [4.69, 9.17) is 4.74 Å². The number of hydrogen-bond donors (Lipinski definition) is 1. The highest BCUT2D eigenvalue weighted by atomic mass is 16.5. The molecular weight excluding hydrogens is 366 g/mol. The van der Waals surface area contributed by atoms with Crippen molar-refractivity contribution in [2.24, 2.45) is 0 Å². The van der Waals surface area contributed by atoms with Crippen molar-refractivity contribution >= 4 is 28.3 Å². The van der Waals surface area contributed by atoms with Crippen molar-refractivity contribution in [2.75, 3.05) is 5.32 Å². The van der Waals surface area contributed by atoms with E-state index in [9.17, 15) is 9.59 Å². The van der Waals surface area contributed by atoms with Crippen LogP contribution in [0.25, 0.3) is 16.5 Å². The number of aromatic nitrogens is 2. The van der Waals surface area contributed by atoms with Crippen molar-refractivity contribution in [1.82, 2.24) is 9.78 Å². The van der Waals surface area contributed by atoms with Gasteiger partial charge in [-0.3, -0.25) is 4.79 Å². The van der Waals surface area contributed by atoms with E-state index in [2.05, 4.69) is 10.4 Å².